The van der Waals surface area contributed by atoms with Gasteiger partial charge in [0.2, 0.25) is 11.4 Å². The van der Waals surface area contributed by atoms with Gasteiger partial charge in [-0.2, -0.15) is 12.8 Å². The normalized spacial score (nSPS) is 12.3. The maximum atomic E-state index is 12.4. The molecule has 0 fully saturated rings. The SMILES string of the molecule is CCCCC1=C(c2cc(CCCC)c(CCCC)c(CCCC)c2)[N+](=[N-])C(c2cc(CCCC)c(CCCC)c(CCCC)c2)=C1C.[CH2-]CCCCCCCCCCC.[CH2-]CCCCCCCCCCC.[Ni+2]. The summed E-state index contributed by atoms with van der Waals surface area (Å²) in [6, 6.07) is 9.88. The zero-order valence-corrected chi connectivity index (χ0v) is 50.9. The van der Waals surface area contributed by atoms with Gasteiger partial charge >= 0.3 is 16.5 Å². The van der Waals surface area contributed by atoms with E-state index in [0.717, 1.165) is 69.2 Å². The molecule has 72 heavy (non-hydrogen) atoms. The second-order valence-corrected chi connectivity index (χ2v) is 21.7. The van der Waals surface area contributed by atoms with Crippen LogP contribution < -0.4 is 0 Å². The molecule has 2 aromatic carbocycles. The molecule has 0 saturated carbocycles. The number of aryl methyl sites for hydroxylation is 4. The topological polar surface area (TPSA) is 25.3 Å². The molecule has 1 aliphatic rings. The Kier molecular flexibility index (Phi) is 46.2. The molecule has 2 aromatic rings. The largest absolute Gasteiger partial charge is 2.00 e. The van der Waals surface area contributed by atoms with Gasteiger partial charge in [-0.25, -0.2) is 4.70 Å². The number of nitrogens with zero attached hydrogens (tertiary/aromatic N) is 2. The first kappa shape index (κ1) is 70.0. The van der Waals surface area contributed by atoms with E-state index in [4.69, 9.17) is 0 Å². The van der Waals surface area contributed by atoms with Gasteiger partial charge in [-0.3, -0.25) is 0 Å². The molecule has 0 radical (unpaired) electrons. The summed E-state index contributed by atoms with van der Waals surface area (Å²) in [5.41, 5.74) is 28.8. The van der Waals surface area contributed by atoms with Gasteiger partial charge < -0.3 is 19.4 Å². The molecule has 0 unspecified atom stereocenters. The van der Waals surface area contributed by atoms with Crippen molar-refractivity contribution in [2.75, 3.05) is 0 Å². The van der Waals surface area contributed by atoms with Crippen molar-refractivity contribution in [2.45, 2.75) is 332 Å². The molecule has 0 bridgehead atoms. The van der Waals surface area contributed by atoms with Crippen LogP contribution in [-0.2, 0) is 55.0 Å². The average molecular weight is 1040 g/mol. The van der Waals surface area contributed by atoms with E-state index in [-0.39, 0.29) is 16.5 Å². The van der Waals surface area contributed by atoms with Crippen LogP contribution in [0.1, 0.15) is 338 Å². The number of hydrogen-bond donors (Lipinski definition) is 0. The van der Waals surface area contributed by atoms with E-state index in [1.807, 2.05) is 0 Å². The number of allylic oxidation sites excluding steroid dienone is 2. The maximum Gasteiger partial charge on any atom is 2.00 e. The van der Waals surface area contributed by atoms with Crippen molar-refractivity contribution >= 4 is 11.4 Å². The minimum Gasteiger partial charge on any atom is -0.493 e. The maximum absolute atomic E-state index is 12.4. The summed E-state index contributed by atoms with van der Waals surface area (Å²) in [7, 11) is 0. The van der Waals surface area contributed by atoms with Crippen LogP contribution in [0.15, 0.2) is 35.4 Å². The molecule has 0 N–H and O–H groups in total. The second-order valence-electron chi connectivity index (χ2n) is 21.7. The van der Waals surface area contributed by atoms with Crippen LogP contribution in [-0.4, -0.2) is 4.70 Å². The molecule has 0 aliphatic carbocycles. The standard InChI is InChI=1S/C45H70N2.2C12H25.Ni/c1-9-16-23-35-30-39(31-36(24-17-10-2)42(35)28-21-14-6)44-34(8)41(27-20-13-5)45(47(44)46)40-32-37(25-18-11-3)43(29-22-15-7)38(33-40)26-19-12-4;2*1-3-5-7-9-11-12-10-8-6-4-2;/h30-33H,9-29H2,1-8H3;2*1,3-12H2,2H3;/q;2*-1;+2. The fourth-order valence-electron chi connectivity index (χ4n) is 10.6. The zero-order valence-electron chi connectivity index (χ0n) is 49.9. The Morgan fingerprint density at radius 2 is 0.583 bits per heavy atom. The van der Waals surface area contributed by atoms with E-state index in [2.05, 4.69) is 107 Å². The van der Waals surface area contributed by atoms with E-state index in [1.165, 1.54) is 250 Å². The van der Waals surface area contributed by atoms with Crippen molar-refractivity contribution in [1.82, 2.24) is 0 Å². The Labute approximate surface area is 461 Å². The molecule has 3 rings (SSSR count). The molecule has 2 nitrogen and oxygen atoms in total. The third-order valence-corrected chi connectivity index (χ3v) is 15.2. The fraction of sp³-hybridized carbons (Fsp3) is 0.739. The first-order valence-electron chi connectivity index (χ1n) is 31.5. The second kappa shape index (κ2) is 47.5. The number of benzene rings is 2. The monoisotopic (exact) mass is 1030 g/mol. The van der Waals surface area contributed by atoms with E-state index in [9.17, 15) is 5.53 Å². The van der Waals surface area contributed by atoms with Gasteiger partial charge in [0.15, 0.2) is 0 Å². The van der Waals surface area contributed by atoms with Gasteiger partial charge in [0, 0.05) is 22.3 Å². The van der Waals surface area contributed by atoms with E-state index >= 15 is 0 Å². The van der Waals surface area contributed by atoms with Crippen molar-refractivity contribution in [3.63, 3.8) is 0 Å². The first-order chi connectivity index (χ1) is 34.7. The van der Waals surface area contributed by atoms with Crippen LogP contribution in [0, 0.1) is 13.8 Å². The van der Waals surface area contributed by atoms with E-state index in [1.54, 1.807) is 15.8 Å². The van der Waals surface area contributed by atoms with Crippen molar-refractivity contribution in [3.05, 3.63) is 99.3 Å². The third-order valence-electron chi connectivity index (χ3n) is 15.2. The predicted molar refractivity (Wildman–Crippen MR) is 322 cm³/mol. The van der Waals surface area contributed by atoms with Gasteiger partial charge in [0.05, 0.1) is 0 Å². The van der Waals surface area contributed by atoms with E-state index in [0.29, 0.717) is 0 Å². The van der Waals surface area contributed by atoms with Crippen LogP contribution in [0.5, 0.6) is 0 Å². The summed E-state index contributed by atoms with van der Waals surface area (Å²) in [4.78, 5) is 0. The van der Waals surface area contributed by atoms with Gasteiger partial charge in [0.1, 0.15) is 0 Å². The average Bonchev–Trinajstić information content (AvgIpc) is 3.63. The Morgan fingerprint density at radius 3 is 0.875 bits per heavy atom. The van der Waals surface area contributed by atoms with Crippen LogP contribution in [0.4, 0.5) is 0 Å². The molecule has 1 heterocycles. The Morgan fingerprint density at radius 1 is 0.333 bits per heavy atom. The Hall–Kier alpha value is -1.99. The minimum atomic E-state index is 0. The molecular formula is C69H120N2Ni. The van der Waals surface area contributed by atoms with Crippen molar-refractivity contribution in [2.24, 2.45) is 0 Å². The summed E-state index contributed by atoms with van der Waals surface area (Å²) in [6.45, 7) is 30.6. The van der Waals surface area contributed by atoms with Gasteiger partial charge in [0.25, 0.3) is 0 Å². The third kappa shape index (κ3) is 28.2. The first-order valence-corrected chi connectivity index (χ1v) is 31.5. The smallest absolute Gasteiger partial charge is 0.493 e. The molecule has 0 atom stereocenters. The summed E-state index contributed by atoms with van der Waals surface area (Å²) in [6.07, 6.45) is 52.6. The van der Waals surface area contributed by atoms with Crippen molar-refractivity contribution in [1.29, 1.82) is 0 Å². The van der Waals surface area contributed by atoms with E-state index < -0.39 is 0 Å². The molecule has 416 valence electrons. The number of rotatable bonds is 41. The molecule has 0 saturated heterocycles. The van der Waals surface area contributed by atoms with Gasteiger partial charge in [-0.15, -0.1) is 0 Å². The Bertz CT molecular complexity index is 1600. The summed E-state index contributed by atoms with van der Waals surface area (Å²) in [5.74, 6) is 0. The predicted octanol–water partition coefficient (Wildman–Crippen LogP) is 23.6. The van der Waals surface area contributed by atoms with Gasteiger partial charge in [-0.05, 0) is 154 Å². The molecule has 0 amide bonds. The minimum absolute atomic E-state index is 0. The van der Waals surface area contributed by atoms with Crippen LogP contribution >= 0.6 is 0 Å². The molecule has 1 aliphatic heterocycles. The van der Waals surface area contributed by atoms with Gasteiger partial charge in [-0.1, -0.05) is 223 Å². The fourth-order valence-corrected chi connectivity index (χ4v) is 10.6. The quantitative estimate of drug-likeness (QED) is 0.0275. The Balaban J connectivity index is 0.00000165. The van der Waals surface area contributed by atoms with Crippen molar-refractivity contribution in [3.8, 4) is 0 Å². The summed E-state index contributed by atoms with van der Waals surface area (Å²) in [5, 5.41) is 0. The zero-order chi connectivity index (χ0) is 52.3. The van der Waals surface area contributed by atoms with Crippen LogP contribution in [0.25, 0.3) is 16.9 Å². The summed E-state index contributed by atoms with van der Waals surface area (Å²) < 4.78 is 1.63. The molecule has 3 heteroatoms. The number of unbranched alkanes of at least 4 members (excludes halogenated alkanes) is 25. The molecule has 0 spiro atoms. The van der Waals surface area contributed by atoms with Crippen molar-refractivity contribution < 1.29 is 21.2 Å². The van der Waals surface area contributed by atoms with Crippen LogP contribution in [0.2, 0.25) is 0 Å². The summed E-state index contributed by atoms with van der Waals surface area (Å²) >= 11 is 0. The van der Waals surface area contributed by atoms with Crippen LogP contribution in [0.3, 0.4) is 0 Å². The molecular weight excluding hydrogens is 915 g/mol. The number of hydrogen-bond acceptors (Lipinski definition) is 0. The molecule has 0 aromatic heterocycles.